The first kappa shape index (κ1) is 17.3. The van der Waals surface area contributed by atoms with Crippen molar-refractivity contribution in [2.45, 2.75) is 33.1 Å². The first-order valence-electron chi connectivity index (χ1n) is 7.29. The number of ether oxygens (including phenoxy) is 1. The third kappa shape index (κ3) is 6.99. The van der Waals surface area contributed by atoms with Gasteiger partial charge in [0.15, 0.2) is 0 Å². The average molecular weight is 294 g/mol. The maximum absolute atomic E-state index is 11.8. The lowest BCUT2D eigenvalue weighted by atomic mass is 9.88. The van der Waals surface area contributed by atoms with Gasteiger partial charge >= 0.3 is 0 Å². The SMILES string of the molecule is CC(C)(CCCO)CNC(=O)CCOc1ccccc1N. The maximum atomic E-state index is 11.8. The molecule has 118 valence electrons. The van der Waals surface area contributed by atoms with E-state index in [2.05, 4.69) is 19.2 Å². The fourth-order valence-corrected chi connectivity index (χ4v) is 1.94. The molecule has 4 N–H and O–H groups in total. The Kier molecular flexibility index (Phi) is 7.02. The van der Waals surface area contributed by atoms with Gasteiger partial charge in [0.05, 0.1) is 18.7 Å². The van der Waals surface area contributed by atoms with Crippen molar-refractivity contribution in [2.24, 2.45) is 5.41 Å². The van der Waals surface area contributed by atoms with Crippen LogP contribution in [0.2, 0.25) is 0 Å². The number of hydrogen-bond donors (Lipinski definition) is 3. The van der Waals surface area contributed by atoms with Gasteiger partial charge in [-0.25, -0.2) is 0 Å². The van der Waals surface area contributed by atoms with E-state index in [1.807, 2.05) is 12.1 Å². The zero-order chi connectivity index (χ0) is 15.7. The van der Waals surface area contributed by atoms with Crippen LogP contribution in [0.25, 0.3) is 0 Å². The Morgan fingerprint density at radius 1 is 1.38 bits per heavy atom. The molecule has 0 saturated carbocycles. The quantitative estimate of drug-likeness (QED) is 0.608. The van der Waals surface area contributed by atoms with E-state index >= 15 is 0 Å². The van der Waals surface area contributed by atoms with Gasteiger partial charge in [0.1, 0.15) is 5.75 Å². The highest BCUT2D eigenvalue weighted by molar-refractivity contribution is 5.76. The summed E-state index contributed by atoms with van der Waals surface area (Å²) in [5.74, 6) is 0.565. The number of benzene rings is 1. The molecule has 0 spiro atoms. The zero-order valence-corrected chi connectivity index (χ0v) is 12.9. The molecule has 0 bridgehead atoms. The molecule has 0 aliphatic rings. The topological polar surface area (TPSA) is 84.6 Å². The van der Waals surface area contributed by atoms with E-state index in [0.717, 1.165) is 12.8 Å². The van der Waals surface area contributed by atoms with Crippen LogP contribution < -0.4 is 15.8 Å². The van der Waals surface area contributed by atoms with Crippen molar-refractivity contribution in [1.82, 2.24) is 5.32 Å². The average Bonchev–Trinajstić information content (AvgIpc) is 2.45. The number of para-hydroxylation sites is 2. The second kappa shape index (κ2) is 8.52. The number of aliphatic hydroxyl groups excluding tert-OH is 1. The van der Waals surface area contributed by atoms with E-state index in [0.29, 0.717) is 31.0 Å². The van der Waals surface area contributed by atoms with Crippen LogP contribution in [0.3, 0.4) is 0 Å². The highest BCUT2D eigenvalue weighted by Gasteiger charge is 2.18. The van der Waals surface area contributed by atoms with Crippen molar-refractivity contribution in [3.8, 4) is 5.75 Å². The van der Waals surface area contributed by atoms with Crippen molar-refractivity contribution in [3.05, 3.63) is 24.3 Å². The second-order valence-electron chi connectivity index (χ2n) is 5.90. The lowest BCUT2D eigenvalue weighted by molar-refractivity contribution is -0.122. The van der Waals surface area contributed by atoms with Crippen LogP contribution in [0, 0.1) is 5.41 Å². The highest BCUT2D eigenvalue weighted by Crippen LogP contribution is 2.21. The van der Waals surface area contributed by atoms with Gasteiger partial charge in [0, 0.05) is 13.2 Å². The van der Waals surface area contributed by atoms with Gasteiger partial charge in [-0.3, -0.25) is 4.79 Å². The van der Waals surface area contributed by atoms with Crippen LogP contribution in [-0.2, 0) is 4.79 Å². The van der Waals surface area contributed by atoms with Crippen molar-refractivity contribution in [2.75, 3.05) is 25.5 Å². The molecule has 5 nitrogen and oxygen atoms in total. The predicted molar refractivity (Wildman–Crippen MR) is 84.1 cm³/mol. The molecule has 5 heteroatoms. The van der Waals surface area contributed by atoms with E-state index in [1.54, 1.807) is 12.1 Å². The van der Waals surface area contributed by atoms with E-state index in [1.165, 1.54) is 0 Å². The molecular weight excluding hydrogens is 268 g/mol. The Balaban J connectivity index is 2.24. The van der Waals surface area contributed by atoms with E-state index < -0.39 is 0 Å². The van der Waals surface area contributed by atoms with Gasteiger partial charge in [-0.2, -0.15) is 0 Å². The van der Waals surface area contributed by atoms with Gasteiger partial charge in [0.2, 0.25) is 5.91 Å². The molecular formula is C16H26N2O3. The first-order valence-corrected chi connectivity index (χ1v) is 7.29. The minimum atomic E-state index is -0.0402. The molecule has 1 aromatic carbocycles. The third-order valence-corrected chi connectivity index (χ3v) is 3.28. The monoisotopic (exact) mass is 294 g/mol. The number of aliphatic hydroxyl groups is 1. The van der Waals surface area contributed by atoms with Crippen molar-refractivity contribution >= 4 is 11.6 Å². The number of carbonyl (C=O) groups excluding carboxylic acids is 1. The Labute approximate surface area is 126 Å². The van der Waals surface area contributed by atoms with Crippen molar-refractivity contribution in [3.63, 3.8) is 0 Å². The Hall–Kier alpha value is -1.75. The summed E-state index contributed by atoms with van der Waals surface area (Å²) in [4.78, 5) is 11.8. The van der Waals surface area contributed by atoms with Gasteiger partial charge in [0.25, 0.3) is 0 Å². The number of nitrogens with one attached hydrogen (secondary N) is 1. The normalized spacial score (nSPS) is 11.2. The Morgan fingerprint density at radius 3 is 2.76 bits per heavy atom. The maximum Gasteiger partial charge on any atom is 0.223 e. The molecule has 0 aromatic heterocycles. The predicted octanol–water partition coefficient (Wildman–Crippen LogP) is 1.95. The molecule has 0 radical (unpaired) electrons. The smallest absolute Gasteiger partial charge is 0.223 e. The molecule has 0 heterocycles. The summed E-state index contributed by atoms with van der Waals surface area (Å²) in [6, 6.07) is 7.23. The molecule has 0 aliphatic heterocycles. The second-order valence-corrected chi connectivity index (χ2v) is 5.90. The first-order chi connectivity index (χ1) is 9.94. The van der Waals surface area contributed by atoms with Crippen molar-refractivity contribution in [1.29, 1.82) is 0 Å². The molecule has 0 fully saturated rings. The molecule has 1 rings (SSSR count). The zero-order valence-electron chi connectivity index (χ0n) is 12.9. The molecule has 0 unspecified atom stereocenters. The van der Waals surface area contributed by atoms with Gasteiger partial charge in [-0.05, 0) is 30.4 Å². The van der Waals surface area contributed by atoms with E-state index in [-0.39, 0.29) is 17.9 Å². The number of anilines is 1. The summed E-state index contributed by atoms with van der Waals surface area (Å²) in [5.41, 5.74) is 6.32. The molecule has 0 saturated heterocycles. The van der Waals surface area contributed by atoms with Crippen LogP contribution in [-0.4, -0.2) is 30.8 Å². The van der Waals surface area contributed by atoms with Crippen LogP contribution in [0.4, 0.5) is 5.69 Å². The highest BCUT2D eigenvalue weighted by atomic mass is 16.5. The third-order valence-electron chi connectivity index (χ3n) is 3.28. The minimum absolute atomic E-state index is 0.0108. The number of nitrogen functional groups attached to an aromatic ring is 1. The number of amides is 1. The molecule has 0 aliphatic carbocycles. The Morgan fingerprint density at radius 2 is 2.10 bits per heavy atom. The lowest BCUT2D eigenvalue weighted by Gasteiger charge is -2.24. The van der Waals surface area contributed by atoms with Gasteiger partial charge in [-0.1, -0.05) is 26.0 Å². The number of hydrogen-bond acceptors (Lipinski definition) is 4. The molecule has 21 heavy (non-hydrogen) atoms. The summed E-state index contributed by atoms with van der Waals surface area (Å²) >= 11 is 0. The van der Waals surface area contributed by atoms with Gasteiger partial charge in [-0.15, -0.1) is 0 Å². The molecule has 1 amide bonds. The summed E-state index contributed by atoms with van der Waals surface area (Å²) in [6.45, 7) is 5.23. The summed E-state index contributed by atoms with van der Waals surface area (Å²) in [5, 5.41) is 11.7. The number of nitrogens with two attached hydrogens (primary N) is 1. The fourth-order valence-electron chi connectivity index (χ4n) is 1.94. The number of carbonyl (C=O) groups is 1. The van der Waals surface area contributed by atoms with Crippen molar-refractivity contribution < 1.29 is 14.6 Å². The van der Waals surface area contributed by atoms with E-state index in [9.17, 15) is 4.79 Å². The van der Waals surface area contributed by atoms with Crippen LogP contribution >= 0.6 is 0 Å². The van der Waals surface area contributed by atoms with Crippen LogP contribution in [0.1, 0.15) is 33.1 Å². The molecule has 0 atom stereocenters. The minimum Gasteiger partial charge on any atom is -0.491 e. The molecule has 1 aromatic rings. The lowest BCUT2D eigenvalue weighted by Crippen LogP contribution is -2.34. The van der Waals surface area contributed by atoms with Crippen LogP contribution in [0.15, 0.2) is 24.3 Å². The number of rotatable bonds is 9. The Bertz CT molecular complexity index is 447. The summed E-state index contributed by atoms with van der Waals surface area (Å²) in [6.07, 6.45) is 1.92. The fraction of sp³-hybridized carbons (Fsp3) is 0.562. The van der Waals surface area contributed by atoms with Gasteiger partial charge < -0.3 is 20.9 Å². The van der Waals surface area contributed by atoms with Crippen LogP contribution in [0.5, 0.6) is 5.75 Å². The van der Waals surface area contributed by atoms with E-state index in [4.69, 9.17) is 15.6 Å². The summed E-state index contributed by atoms with van der Waals surface area (Å²) in [7, 11) is 0. The summed E-state index contributed by atoms with van der Waals surface area (Å²) < 4.78 is 5.49. The largest absolute Gasteiger partial charge is 0.491 e. The standard InChI is InChI=1S/C16H26N2O3/c1-16(2,9-5-10-19)12-18-15(20)8-11-21-14-7-4-3-6-13(14)17/h3-4,6-7,19H,5,8-12,17H2,1-2H3,(H,18,20).